The number of nitrogens with zero attached hydrogens (tertiary/aromatic N) is 3. The van der Waals surface area contributed by atoms with E-state index in [0.717, 1.165) is 24.5 Å². The van der Waals surface area contributed by atoms with Crippen LogP contribution >= 0.6 is 0 Å². The van der Waals surface area contributed by atoms with Crippen LogP contribution in [0.25, 0.3) is 16.9 Å². The number of imidazole rings is 1. The normalized spacial score (nSPS) is 15.3. The molecule has 0 amide bonds. The Morgan fingerprint density at radius 3 is 2.60 bits per heavy atom. The molecular formula is C29H28F4N4O3. The number of Topliss-reactive ketones (excluding diaryl/α,β-unsaturated/α-hetero) is 1. The van der Waals surface area contributed by atoms with Crippen molar-refractivity contribution in [1.82, 2.24) is 14.6 Å². The summed E-state index contributed by atoms with van der Waals surface area (Å²) in [7, 11) is 0. The van der Waals surface area contributed by atoms with Gasteiger partial charge >= 0.3 is 6.18 Å². The van der Waals surface area contributed by atoms with Gasteiger partial charge < -0.3 is 15.5 Å². The van der Waals surface area contributed by atoms with Crippen LogP contribution in [0.2, 0.25) is 0 Å². The Kier molecular flexibility index (Phi) is 7.03. The zero-order valence-electron chi connectivity index (χ0n) is 21.9. The summed E-state index contributed by atoms with van der Waals surface area (Å²) >= 11 is 0. The number of para-hydroxylation sites is 1. The van der Waals surface area contributed by atoms with Crippen LogP contribution < -0.4 is 5.32 Å². The second-order valence-electron chi connectivity index (χ2n) is 10.4. The molecule has 5 rings (SSSR count). The molecule has 1 fully saturated rings. The van der Waals surface area contributed by atoms with Gasteiger partial charge in [-0.3, -0.25) is 4.79 Å². The number of alkyl halides is 3. The predicted octanol–water partition coefficient (Wildman–Crippen LogP) is 6.15. The molecule has 1 atom stereocenters. The van der Waals surface area contributed by atoms with Crippen molar-refractivity contribution in [3.8, 4) is 17.0 Å². The fourth-order valence-corrected chi connectivity index (χ4v) is 4.75. The van der Waals surface area contributed by atoms with Crippen LogP contribution in [0, 0.1) is 18.7 Å². The lowest BCUT2D eigenvalue weighted by Gasteiger charge is -2.25. The SMILES string of the molecule is Cc1cc(-c2cnc3c(NCCC(F)(F)F)cc(C(C)(O)c4cccc(F)c4O)nn23)ccc1C(=O)CC1CC1. The number of hydrogen-bond donors (Lipinski definition) is 3. The van der Waals surface area contributed by atoms with Crippen molar-refractivity contribution in [3.05, 3.63) is 76.9 Å². The van der Waals surface area contributed by atoms with Crippen molar-refractivity contribution in [2.75, 3.05) is 11.9 Å². The number of fused-ring (bicyclic) bond motifs is 1. The van der Waals surface area contributed by atoms with Crippen LogP contribution in [0.1, 0.15) is 59.8 Å². The monoisotopic (exact) mass is 556 g/mol. The van der Waals surface area contributed by atoms with Gasteiger partial charge in [0.05, 0.1) is 29.7 Å². The number of carbonyl (C=O) groups is 1. The van der Waals surface area contributed by atoms with E-state index in [-0.39, 0.29) is 28.4 Å². The minimum absolute atomic E-state index is 0.0670. The summed E-state index contributed by atoms with van der Waals surface area (Å²) in [5.41, 5.74) is 0.575. The van der Waals surface area contributed by atoms with E-state index in [1.54, 1.807) is 12.1 Å². The number of benzene rings is 2. The highest BCUT2D eigenvalue weighted by atomic mass is 19.4. The maximum absolute atomic E-state index is 14.1. The first-order chi connectivity index (χ1) is 18.8. The molecule has 7 nitrogen and oxygen atoms in total. The van der Waals surface area contributed by atoms with Gasteiger partial charge in [-0.15, -0.1) is 0 Å². The molecule has 3 N–H and O–H groups in total. The second-order valence-corrected chi connectivity index (χ2v) is 10.4. The number of anilines is 1. The topological polar surface area (TPSA) is 99.8 Å². The van der Waals surface area contributed by atoms with Crippen LogP contribution in [0.5, 0.6) is 5.75 Å². The molecule has 0 bridgehead atoms. The highest BCUT2D eigenvalue weighted by molar-refractivity contribution is 5.98. The summed E-state index contributed by atoms with van der Waals surface area (Å²) in [6.07, 6.45) is -1.37. The molecule has 0 spiro atoms. The first-order valence-electron chi connectivity index (χ1n) is 12.9. The average molecular weight is 557 g/mol. The van der Waals surface area contributed by atoms with Gasteiger partial charge in [-0.2, -0.15) is 18.3 Å². The molecule has 0 aliphatic heterocycles. The largest absolute Gasteiger partial charge is 0.505 e. The quantitative estimate of drug-likeness (QED) is 0.169. The Bertz CT molecular complexity index is 1590. The molecule has 210 valence electrons. The number of aromatic hydroxyl groups is 1. The molecule has 1 saturated carbocycles. The number of aromatic nitrogens is 3. The van der Waals surface area contributed by atoms with Gasteiger partial charge in [0.15, 0.2) is 23.0 Å². The van der Waals surface area contributed by atoms with E-state index in [1.807, 2.05) is 13.0 Å². The van der Waals surface area contributed by atoms with Gasteiger partial charge in [-0.05, 0) is 56.4 Å². The van der Waals surface area contributed by atoms with E-state index in [2.05, 4.69) is 15.4 Å². The number of carbonyl (C=O) groups excluding carboxylic acids is 1. The van der Waals surface area contributed by atoms with E-state index in [4.69, 9.17) is 0 Å². The number of aryl methyl sites for hydroxylation is 1. The van der Waals surface area contributed by atoms with Crippen LogP contribution in [0.15, 0.2) is 48.7 Å². The number of nitrogens with one attached hydrogen (secondary N) is 1. The van der Waals surface area contributed by atoms with E-state index in [9.17, 15) is 32.6 Å². The lowest BCUT2D eigenvalue weighted by molar-refractivity contribution is -0.131. The molecule has 2 aromatic heterocycles. The standard InChI is InChI=1S/C29H28F4N4O3/c1-16-12-18(8-9-19(16)24(38)13-17-6-7-17)23-15-35-27-22(34-11-10-29(31,32)33)14-25(36-37(23)27)28(2,40)20-4-3-5-21(30)26(20)39/h3-5,8-9,12,14-15,17,34,39-40H,6-7,10-11,13H2,1-2H3. The lowest BCUT2D eigenvalue weighted by Crippen LogP contribution is -2.26. The summed E-state index contributed by atoms with van der Waals surface area (Å²) < 4.78 is 54.1. The minimum Gasteiger partial charge on any atom is -0.505 e. The highest BCUT2D eigenvalue weighted by Gasteiger charge is 2.34. The highest BCUT2D eigenvalue weighted by Crippen LogP contribution is 2.38. The van der Waals surface area contributed by atoms with Crippen LogP contribution in [0.4, 0.5) is 23.2 Å². The van der Waals surface area contributed by atoms with Gasteiger partial charge in [0.2, 0.25) is 0 Å². The van der Waals surface area contributed by atoms with Crippen LogP contribution in [-0.4, -0.2) is 43.3 Å². The second kappa shape index (κ2) is 10.2. The summed E-state index contributed by atoms with van der Waals surface area (Å²) in [6, 6.07) is 10.3. The molecule has 1 unspecified atom stereocenters. The average Bonchev–Trinajstić information content (AvgIpc) is 3.59. The van der Waals surface area contributed by atoms with E-state index >= 15 is 0 Å². The molecule has 0 radical (unpaired) electrons. The molecule has 4 aromatic rings. The number of phenolic OH excluding ortho intramolecular Hbond substituents is 1. The van der Waals surface area contributed by atoms with Gasteiger partial charge in [-0.1, -0.05) is 24.3 Å². The summed E-state index contributed by atoms with van der Waals surface area (Å²) in [5, 5.41) is 29.0. The summed E-state index contributed by atoms with van der Waals surface area (Å²) in [6.45, 7) is 2.67. The number of ketones is 1. The van der Waals surface area contributed by atoms with E-state index < -0.39 is 36.3 Å². The Balaban J connectivity index is 1.60. The number of halogens is 4. The number of aliphatic hydroxyl groups is 1. The molecule has 1 aliphatic carbocycles. The van der Waals surface area contributed by atoms with Crippen LogP contribution in [0.3, 0.4) is 0 Å². The third-order valence-corrected chi connectivity index (χ3v) is 7.20. The molecule has 11 heteroatoms. The van der Waals surface area contributed by atoms with E-state index in [0.29, 0.717) is 29.2 Å². The zero-order chi connectivity index (χ0) is 28.8. The smallest absolute Gasteiger partial charge is 0.390 e. The van der Waals surface area contributed by atoms with Gasteiger partial charge in [0.25, 0.3) is 0 Å². The summed E-state index contributed by atoms with van der Waals surface area (Å²) in [4.78, 5) is 17.1. The van der Waals surface area contributed by atoms with Gasteiger partial charge in [0.1, 0.15) is 5.60 Å². The maximum Gasteiger partial charge on any atom is 0.390 e. The van der Waals surface area contributed by atoms with Gasteiger partial charge in [-0.25, -0.2) is 13.9 Å². The van der Waals surface area contributed by atoms with Crippen molar-refractivity contribution < 1.29 is 32.6 Å². The van der Waals surface area contributed by atoms with Crippen molar-refractivity contribution >= 4 is 17.1 Å². The Morgan fingerprint density at radius 1 is 1.18 bits per heavy atom. The fourth-order valence-electron chi connectivity index (χ4n) is 4.75. The Labute approximate surface area is 227 Å². The first kappa shape index (κ1) is 27.6. The van der Waals surface area contributed by atoms with E-state index in [1.165, 1.54) is 35.8 Å². The predicted molar refractivity (Wildman–Crippen MR) is 141 cm³/mol. The molecule has 40 heavy (non-hydrogen) atoms. The number of rotatable bonds is 9. The minimum atomic E-state index is -4.39. The molecular weight excluding hydrogens is 528 g/mol. The zero-order valence-corrected chi connectivity index (χ0v) is 21.9. The van der Waals surface area contributed by atoms with Gasteiger partial charge in [0, 0.05) is 29.7 Å². The summed E-state index contributed by atoms with van der Waals surface area (Å²) in [5.74, 6) is -1.19. The molecule has 2 heterocycles. The molecule has 1 aliphatic rings. The first-order valence-corrected chi connectivity index (χ1v) is 12.9. The van der Waals surface area contributed by atoms with Crippen LogP contribution in [-0.2, 0) is 5.60 Å². The van der Waals surface area contributed by atoms with Crippen molar-refractivity contribution in [3.63, 3.8) is 0 Å². The fraction of sp³-hybridized carbons (Fsp3) is 0.345. The Hall–Kier alpha value is -3.99. The third kappa shape index (κ3) is 5.51. The number of phenols is 1. The van der Waals surface area contributed by atoms with Crippen molar-refractivity contribution in [1.29, 1.82) is 0 Å². The lowest BCUT2D eigenvalue weighted by atomic mass is 9.91. The Morgan fingerprint density at radius 2 is 1.93 bits per heavy atom. The van der Waals surface area contributed by atoms with Crippen molar-refractivity contribution in [2.24, 2.45) is 5.92 Å². The third-order valence-electron chi connectivity index (χ3n) is 7.20. The molecule has 2 aromatic carbocycles. The number of hydrogen-bond acceptors (Lipinski definition) is 6. The molecule has 0 saturated heterocycles. The maximum atomic E-state index is 14.1. The van der Waals surface area contributed by atoms with Crippen molar-refractivity contribution in [2.45, 2.75) is 51.3 Å².